The van der Waals surface area contributed by atoms with Gasteiger partial charge in [-0.25, -0.2) is 4.79 Å². The first kappa shape index (κ1) is 10.2. The molecule has 0 bridgehead atoms. The monoisotopic (exact) mass is 218 g/mol. The first-order valence-electron chi connectivity index (χ1n) is 3.57. The minimum absolute atomic E-state index is 0.311. The maximum Gasteiger partial charge on any atom is 0.312 e. The highest BCUT2D eigenvalue weighted by atomic mass is 35.5. The Kier molecular flexibility index (Phi) is 3.39. The fraction of sp³-hybridized carbons (Fsp3) is 0.125. The Morgan fingerprint density at radius 3 is 2.69 bits per heavy atom. The largest absolute Gasteiger partial charge is 0.352 e. The number of primary amides is 1. The normalized spacial score (nSPS) is 9.69. The summed E-state index contributed by atoms with van der Waals surface area (Å²) in [4.78, 5) is 10.4. The number of nitrogens with one attached hydrogen (secondary N) is 1. The molecule has 1 aromatic rings. The van der Waals surface area contributed by atoms with Crippen LogP contribution in [0.15, 0.2) is 18.2 Å². The van der Waals surface area contributed by atoms with E-state index in [1.165, 1.54) is 0 Å². The van der Waals surface area contributed by atoms with Crippen LogP contribution in [0, 0.1) is 0 Å². The summed E-state index contributed by atoms with van der Waals surface area (Å²) in [5, 5.41) is 3.51. The molecule has 0 saturated heterocycles. The van der Waals surface area contributed by atoms with Gasteiger partial charge in [0.25, 0.3) is 0 Å². The molecule has 0 saturated carbocycles. The number of urea groups is 1. The van der Waals surface area contributed by atoms with Crippen molar-refractivity contribution in [3.63, 3.8) is 0 Å². The van der Waals surface area contributed by atoms with E-state index in [0.29, 0.717) is 16.6 Å². The van der Waals surface area contributed by atoms with Crippen molar-refractivity contribution in [1.29, 1.82) is 0 Å². The molecule has 13 heavy (non-hydrogen) atoms. The van der Waals surface area contributed by atoms with Crippen LogP contribution in [0.1, 0.15) is 5.56 Å². The van der Waals surface area contributed by atoms with Crippen molar-refractivity contribution < 1.29 is 4.79 Å². The molecule has 0 aromatic heterocycles. The molecule has 0 atom stereocenters. The summed E-state index contributed by atoms with van der Waals surface area (Å²) in [5.74, 6) is 0. The van der Waals surface area contributed by atoms with Crippen molar-refractivity contribution in [2.45, 2.75) is 6.54 Å². The van der Waals surface area contributed by atoms with Crippen molar-refractivity contribution in [3.8, 4) is 0 Å². The smallest absolute Gasteiger partial charge is 0.312 e. The molecule has 70 valence electrons. The second-order valence-electron chi connectivity index (χ2n) is 2.45. The number of nitrogens with two attached hydrogens (primary N) is 1. The van der Waals surface area contributed by atoms with Crippen LogP contribution in [0.4, 0.5) is 4.79 Å². The molecule has 0 aliphatic heterocycles. The lowest BCUT2D eigenvalue weighted by molar-refractivity contribution is 0.248. The number of carbonyl (C=O) groups excluding carboxylic acids is 1. The maximum absolute atomic E-state index is 10.4. The van der Waals surface area contributed by atoms with Gasteiger partial charge < -0.3 is 11.1 Å². The van der Waals surface area contributed by atoms with E-state index < -0.39 is 6.03 Å². The number of benzene rings is 1. The van der Waals surface area contributed by atoms with Crippen LogP contribution in [0.25, 0.3) is 0 Å². The fourth-order valence-electron chi connectivity index (χ4n) is 0.847. The van der Waals surface area contributed by atoms with Gasteiger partial charge in [-0.15, -0.1) is 0 Å². The van der Waals surface area contributed by atoms with Gasteiger partial charge in [-0.05, 0) is 17.7 Å². The lowest BCUT2D eigenvalue weighted by Gasteiger charge is -2.04. The summed E-state index contributed by atoms with van der Waals surface area (Å²) in [7, 11) is 0. The number of hydrogen-bond acceptors (Lipinski definition) is 1. The Balaban J connectivity index is 2.72. The molecule has 3 nitrogen and oxygen atoms in total. The number of hydrogen-bond donors (Lipinski definition) is 2. The van der Waals surface area contributed by atoms with Crippen molar-refractivity contribution in [3.05, 3.63) is 33.8 Å². The van der Waals surface area contributed by atoms with E-state index >= 15 is 0 Å². The summed E-state index contributed by atoms with van der Waals surface area (Å²) in [6.45, 7) is 0.311. The van der Waals surface area contributed by atoms with Gasteiger partial charge in [0, 0.05) is 16.6 Å². The highest BCUT2D eigenvalue weighted by Gasteiger charge is 2.01. The van der Waals surface area contributed by atoms with Crippen molar-refractivity contribution in [1.82, 2.24) is 5.32 Å². The van der Waals surface area contributed by atoms with Crippen molar-refractivity contribution in [2.75, 3.05) is 0 Å². The third-order valence-corrected chi connectivity index (χ3v) is 2.06. The first-order valence-corrected chi connectivity index (χ1v) is 4.32. The van der Waals surface area contributed by atoms with Crippen LogP contribution in [0.3, 0.4) is 0 Å². The molecule has 5 heteroatoms. The van der Waals surface area contributed by atoms with Gasteiger partial charge in [0.1, 0.15) is 0 Å². The van der Waals surface area contributed by atoms with E-state index in [1.54, 1.807) is 18.2 Å². The molecular formula is C8H8Cl2N2O. The van der Waals surface area contributed by atoms with Gasteiger partial charge >= 0.3 is 6.03 Å². The average molecular weight is 219 g/mol. The number of carbonyl (C=O) groups is 1. The fourth-order valence-corrected chi connectivity index (χ4v) is 1.32. The van der Waals surface area contributed by atoms with E-state index in [2.05, 4.69) is 5.32 Å². The number of halogens is 2. The van der Waals surface area contributed by atoms with Gasteiger partial charge in [0.2, 0.25) is 0 Å². The molecule has 3 N–H and O–H groups in total. The molecule has 0 fully saturated rings. The van der Waals surface area contributed by atoms with E-state index in [4.69, 9.17) is 28.9 Å². The summed E-state index contributed by atoms with van der Waals surface area (Å²) in [6, 6.07) is 4.47. The Morgan fingerprint density at radius 2 is 2.15 bits per heavy atom. The second-order valence-corrected chi connectivity index (χ2v) is 3.30. The summed E-state index contributed by atoms with van der Waals surface area (Å²) in [5.41, 5.74) is 5.68. The van der Waals surface area contributed by atoms with Crippen LogP contribution in [-0.2, 0) is 6.54 Å². The molecule has 0 heterocycles. The Morgan fingerprint density at radius 1 is 1.46 bits per heavy atom. The molecule has 0 spiro atoms. The Bertz CT molecular complexity index is 328. The van der Waals surface area contributed by atoms with Crippen LogP contribution >= 0.6 is 23.2 Å². The van der Waals surface area contributed by atoms with Crippen molar-refractivity contribution in [2.24, 2.45) is 5.73 Å². The Labute approximate surface area is 85.8 Å². The molecule has 1 aromatic carbocycles. The van der Waals surface area contributed by atoms with Gasteiger partial charge in [-0.1, -0.05) is 29.3 Å². The van der Waals surface area contributed by atoms with Gasteiger partial charge in [0.15, 0.2) is 0 Å². The Hall–Kier alpha value is -0.930. The average Bonchev–Trinajstić information content (AvgIpc) is 2.02. The number of rotatable bonds is 2. The maximum atomic E-state index is 10.4. The van der Waals surface area contributed by atoms with E-state index in [1.807, 2.05) is 0 Å². The van der Waals surface area contributed by atoms with Gasteiger partial charge in [-0.2, -0.15) is 0 Å². The third-order valence-electron chi connectivity index (χ3n) is 1.47. The van der Waals surface area contributed by atoms with E-state index in [9.17, 15) is 4.79 Å². The van der Waals surface area contributed by atoms with Gasteiger partial charge in [0.05, 0.1) is 0 Å². The molecule has 0 unspecified atom stereocenters. The SMILES string of the molecule is NC(=O)NCc1ccc(Cl)cc1Cl. The second kappa shape index (κ2) is 4.35. The lowest BCUT2D eigenvalue weighted by atomic mass is 10.2. The van der Waals surface area contributed by atoms with E-state index in [-0.39, 0.29) is 0 Å². The highest BCUT2D eigenvalue weighted by molar-refractivity contribution is 6.35. The zero-order valence-electron chi connectivity index (χ0n) is 6.68. The molecule has 0 radical (unpaired) electrons. The predicted molar refractivity (Wildman–Crippen MR) is 52.9 cm³/mol. The van der Waals surface area contributed by atoms with Crippen molar-refractivity contribution >= 4 is 29.2 Å². The molecular weight excluding hydrogens is 211 g/mol. The highest BCUT2D eigenvalue weighted by Crippen LogP contribution is 2.20. The topological polar surface area (TPSA) is 55.1 Å². The summed E-state index contributed by atoms with van der Waals surface area (Å²) in [6.07, 6.45) is 0. The minimum atomic E-state index is -0.578. The molecule has 1 rings (SSSR count). The van der Waals surface area contributed by atoms with Crippen LogP contribution in [0.5, 0.6) is 0 Å². The third kappa shape index (κ3) is 3.13. The molecule has 2 amide bonds. The number of amides is 2. The van der Waals surface area contributed by atoms with Crippen LogP contribution in [-0.4, -0.2) is 6.03 Å². The molecule has 0 aliphatic rings. The quantitative estimate of drug-likeness (QED) is 0.786. The van der Waals surface area contributed by atoms with Crippen LogP contribution < -0.4 is 11.1 Å². The zero-order chi connectivity index (χ0) is 9.84. The lowest BCUT2D eigenvalue weighted by Crippen LogP contribution is -2.28. The minimum Gasteiger partial charge on any atom is -0.352 e. The van der Waals surface area contributed by atoms with Gasteiger partial charge in [-0.3, -0.25) is 0 Å². The van der Waals surface area contributed by atoms with E-state index in [0.717, 1.165) is 5.56 Å². The van der Waals surface area contributed by atoms with Crippen LogP contribution in [0.2, 0.25) is 10.0 Å². The standard InChI is InChI=1S/C8H8Cl2N2O/c9-6-2-1-5(7(10)3-6)4-12-8(11)13/h1-3H,4H2,(H3,11,12,13). The summed E-state index contributed by atoms with van der Waals surface area (Å²) < 4.78 is 0. The first-order chi connectivity index (χ1) is 6.09. The molecule has 0 aliphatic carbocycles. The predicted octanol–water partition coefficient (Wildman–Crippen LogP) is 2.16. The zero-order valence-corrected chi connectivity index (χ0v) is 8.19. The summed E-state index contributed by atoms with van der Waals surface area (Å²) >= 11 is 11.5.